The highest BCUT2D eigenvalue weighted by molar-refractivity contribution is 14.1. The predicted octanol–water partition coefficient (Wildman–Crippen LogP) is 8.55. The summed E-state index contributed by atoms with van der Waals surface area (Å²) in [5.41, 5.74) is 2.32. The molecule has 8 rings (SSSR count). The maximum absolute atomic E-state index is 13.5. The summed E-state index contributed by atoms with van der Waals surface area (Å²) in [6.45, 7) is 9.95. The summed E-state index contributed by atoms with van der Waals surface area (Å²) >= 11 is 12.4. The van der Waals surface area contributed by atoms with Gasteiger partial charge in [-0.1, -0.05) is 66.3 Å². The van der Waals surface area contributed by atoms with E-state index < -0.39 is 26.8 Å². The van der Waals surface area contributed by atoms with Crippen molar-refractivity contribution >= 4 is 79.3 Å². The van der Waals surface area contributed by atoms with E-state index in [-0.39, 0.29) is 33.3 Å². The van der Waals surface area contributed by atoms with Gasteiger partial charge < -0.3 is 25.0 Å². The average molecular weight is 1000 g/mol. The van der Waals surface area contributed by atoms with E-state index in [1.165, 1.54) is 41.5 Å². The van der Waals surface area contributed by atoms with Crippen LogP contribution in [0.2, 0.25) is 5.02 Å². The fraction of sp³-hybridized carbons (Fsp3) is 0.667. The molecule has 4 aliphatic heterocycles. The molecular formula is C45H66ClIN4O5S3. The number of carbonyl (C=O) groups is 1. The number of allylic oxidation sites excluding steroid dienone is 1. The van der Waals surface area contributed by atoms with Gasteiger partial charge in [0.05, 0.1) is 22.1 Å². The fourth-order valence-electron chi connectivity index (χ4n) is 9.64. The lowest BCUT2D eigenvalue weighted by atomic mass is 9.64. The normalized spacial score (nSPS) is 31.7. The summed E-state index contributed by atoms with van der Waals surface area (Å²) in [5, 5.41) is 15.9. The second-order valence-electron chi connectivity index (χ2n) is 17.6. The van der Waals surface area contributed by atoms with Crippen LogP contribution in [0.4, 0.5) is 5.69 Å². The first kappa shape index (κ1) is 47.3. The van der Waals surface area contributed by atoms with Crippen LogP contribution >= 0.6 is 57.7 Å². The van der Waals surface area contributed by atoms with E-state index in [9.17, 15) is 18.3 Å². The zero-order valence-electron chi connectivity index (χ0n) is 35.6. The van der Waals surface area contributed by atoms with Gasteiger partial charge in [0.15, 0.2) is 0 Å². The zero-order chi connectivity index (χ0) is 42.4. The Hall–Kier alpha value is -1.20. The third kappa shape index (κ3) is 11.1. The SMILES string of the molecule is CCI.CN(C)C1CCNCC1.C[C@@H]1[C@@H](C)C/C=C/[C@@](O)(C2SCCCS2)[C@@H]2CC[C@H]2CN2C[C@@]3(CCCc4cc(Cl)ccc43)COc3ccc(cc32)C(=O)NS1(=O)=O. The largest absolute Gasteiger partial charge is 0.490 e. The second kappa shape index (κ2) is 21.0. The minimum absolute atomic E-state index is 0.0302. The Morgan fingerprint density at radius 2 is 1.78 bits per heavy atom. The van der Waals surface area contributed by atoms with Crippen molar-refractivity contribution in [3.8, 4) is 5.75 Å². The Labute approximate surface area is 381 Å². The third-order valence-corrected chi connectivity index (χ3v) is 18.8. The summed E-state index contributed by atoms with van der Waals surface area (Å²) in [6, 6.07) is 12.3. The highest BCUT2D eigenvalue weighted by atomic mass is 127. The van der Waals surface area contributed by atoms with Crippen molar-refractivity contribution in [3.63, 3.8) is 0 Å². The van der Waals surface area contributed by atoms with Gasteiger partial charge in [0.25, 0.3) is 5.91 Å². The van der Waals surface area contributed by atoms with Gasteiger partial charge in [0.2, 0.25) is 10.0 Å². The van der Waals surface area contributed by atoms with Crippen LogP contribution in [-0.2, 0) is 21.9 Å². The van der Waals surface area contributed by atoms with Crippen LogP contribution in [0.15, 0.2) is 48.6 Å². The van der Waals surface area contributed by atoms with Gasteiger partial charge in [0, 0.05) is 35.1 Å². The monoisotopic (exact) mass is 1000 g/mol. The molecule has 3 fully saturated rings. The third-order valence-electron chi connectivity index (χ3n) is 13.4. The number of amides is 1. The number of thioether (sulfide) groups is 2. The Morgan fingerprint density at radius 1 is 1.05 bits per heavy atom. The molecule has 0 unspecified atom stereocenters. The number of hydrogen-bond acceptors (Lipinski definition) is 10. The van der Waals surface area contributed by atoms with Crippen molar-refractivity contribution in [2.45, 2.75) is 105 Å². The first-order chi connectivity index (χ1) is 28.2. The van der Waals surface area contributed by atoms with Crippen molar-refractivity contribution < 1.29 is 23.1 Å². The summed E-state index contributed by atoms with van der Waals surface area (Å²) in [7, 11) is 0.371. The summed E-state index contributed by atoms with van der Waals surface area (Å²) in [4.78, 5) is 18.2. The number of nitrogens with zero attached hydrogens (tertiary/aromatic N) is 2. The molecule has 328 valence electrons. The number of ether oxygens (including phenoxy) is 1. The molecule has 9 nitrogen and oxygen atoms in total. The number of aliphatic hydroxyl groups is 1. The summed E-state index contributed by atoms with van der Waals surface area (Å²) < 4.78 is 37.1. The number of carbonyl (C=O) groups excluding carboxylic acids is 1. The predicted molar refractivity (Wildman–Crippen MR) is 258 cm³/mol. The Balaban J connectivity index is 0.000000424. The van der Waals surface area contributed by atoms with Gasteiger partial charge in [-0.2, -0.15) is 0 Å². The van der Waals surface area contributed by atoms with Crippen LogP contribution in [-0.4, -0.2) is 109 Å². The first-order valence-corrected chi connectivity index (χ1v) is 27.2. The first-order valence-electron chi connectivity index (χ1n) is 21.6. The second-order valence-corrected chi connectivity index (χ2v) is 24.3. The number of benzene rings is 2. The minimum atomic E-state index is -3.95. The van der Waals surface area contributed by atoms with Crippen molar-refractivity contribution in [1.82, 2.24) is 14.9 Å². The molecule has 1 spiro atoms. The molecule has 0 radical (unpaired) electrons. The molecule has 4 heterocycles. The van der Waals surface area contributed by atoms with Gasteiger partial charge in [-0.3, -0.25) is 4.79 Å². The Bertz CT molecular complexity index is 1880. The van der Waals surface area contributed by atoms with E-state index in [1.54, 1.807) is 19.1 Å². The van der Waals surface area contributed by atoms with Gasteiger partial charge in [0.1, 0.15) is 11.4 Å². The zero-order valence-corrected chi connectivity index (χ0v) is 40.9. The lowest BCUT2D eigenvalue weighted by Gasteiger charge is -2.51. The van der Waals surface area contributed by atoms with Crippen LogP contribution in [0.3, 0.4) is 0 Å². The smallest absolute Gasteiger partial charge is 0.264 e. The molecular weight excluding hydrogens is 935 g/mol. The number of piperidine rings is 1. The van der Waals surface area contributed by atoms with Gasteiger partial charge in [-0.15, -0.1) is 23.5 Å². The molecule has 2 aromatic carbocycles. The highest BCUT2D eigenvalue weighted by Gasteiger charge is 2.52. The van der Waals surface area contributed by atoms with Crippen LogP contribution in [0.1, 0.15) is 93.6 Å². The molecule has 3 N–H and O–H groups in total. The standard InChI is InChI=1S/C36H45ClN2O5S3.C7H16N2.C2H5I/c1-23-6-3-15-36(41,34-45-16-5-17-46-34)30-11-8-27(30)20-39-21-35(14-4-7-25-18-28(37)10-12-29(25)35)22-44-32-13-9-26(19-31(32)39)33(40)38-47(42,43)24(23)2;1-9(2)7-3-5-8-6-4-7;1-2-3/h3,9-10,12-13,15,18-19,23-24,27,30,34,41H,4-8,11,14,16-17,20-22H2,1-2H3,(H,38,40);7-8H,3-6H2,1-2H3;2H2,1H3/b15-3+;;/t23-,24+,27-,30+,35-,36-;;/m0../s1. The molecule has 2 bridgehead atoms. The lowest BCUT2D eigenvalue weighted by molar-refractivity contribution is -0.0333. The number of anilines is 1. The van der Waals surface area contributed by atoms with E-state index in [0.717, 1.165) is 66.8 Å². The quantitative estimate of drug-likeness (QED) is 0.154. The van der Waals surface area contributed by atoms with Crippen LogP contribution < -0.4 is 19.7 Å². The number of alkyl halides is 1. The van der Waals surface area contributed by atoms with E-state index in [1.807, 2.05) is 54.7 Å². The van der Waals surface area contributed by atoms with Crippen molar-refractivity contribution in [2.24, 2.45) is 17.8 Å². The van der Waals surface area contributed by atoms with E-state index in [0.29, 0.717) is 31.9 Å². The minimum Gasteiger partial charge on any atom is -0.490 e. The number of nitrogens with one attached hydrogen (secondary N) is 2. The van der Waals surface area contributed by atoms with Gasteiger partial charge in [-0.05, 0) is 167 Å². The molecule has 1 saturated carbocycles. The highest BCUT2D eigenvalue weighted by Crippen LogP contribution is 2.53. The van der Waals surface area contributed by atoms with Crippen molar-refractivity contribution in [2.75, 3.05) is 67.7 Å². The number of fused-ring (bicyclic) bond motifs is 4. The molecule has 2 aromatic rings. The number of aryl methyl sites for hydroxylation is 1. The topological polar surface area (TPSA) is 111 Å². The van der Waals surface area contributed by atoms with Gasteiger partial charge in [-0.25, -0.2) is 13.1 Å². The number of hydrogen-bond donors (Lipinski definition) is 3. The van der Waals surface area contributed by atoms with Gasteiger partial charge >= 0.3 is 0 Å². The molecule has 14 heteroatoms. The van der Waals surface area contributed by atoms with E-state index in [2.05, 4.69) is 75.6 Å². The Morgan fingerprint density at radius 3 is 2.44 bits per heavy atom. The summed E-state index contributed by atoms with van der Waals surface area (Å²) in [6.07, 6.45) is 13.2. The Kier molecular flexibility index (Phi) is 16.8. The van der Waals surface area contributed by atoms with Crippen LogP contribution in [0, 0.1) is 17.8 Å². The van der Waals surface area contributed by atoms with E-state index in [4.69, 9.17) is 16.3 Å². The molecule has 0 aromatic heterocycles. The molecule has 1 amide bonds. The fourth-order valence-corrected chi connectivity index (χ4v) is 14.4. The maximum Gasteiger partial charge on any atom is 0.264 e. The van der Waals surface area contributed by atoms with Crippen LogP contribution in [0.5, 0.6) is 5.75 Å². The molecule has 2 aliphatic carbocycles. The number of rotatable bonds is 2. The molecule has 2 saturated heterocycles. The van der Waals surface area contributed by atoms with E-state index >= 15 is 0 Å². The van der Waals surface area contributed by atoms with Crippen molar-refractivity contribution in [3.05, 3.63) is 70.3 Å². The van der Waals surface area contributed by atoms with Crippen LogP contribution in [0.25, 0.3) is 0 Å². The number of sulfonamides is 1. The van der Waals surface area contributed by atoms with Crippen molar-refractivity contribution in [1.29, 1.82) is 0 Å². The maximum atomic E-state index is 13.5. The molecule has 59 heavy (non-hydrogen) atoms. The number of halogens is 2. The molecule has 6 aliphatic rings. The average Bonchev–Trinajstić information content (AvgIpc) is 3.36. The summed E-state index contributed by atoms with van der Waals surface area (Å²) in [5.74, 6) is 2.18. The molecule has 6 atom stereocenters. The lowest BCUT2D eigenvalue weighted by Crippen LogP contribution is -2.55.